The average molecular weight is 268 g/mol. The number of nitrogens with one attached hydrogen (secondary N) is 1. The Labute approximate surface area is 104 Å². The Morgan fingerprint density at radius 1 is 1.50 bits per heavy atom. The SMILES string of the molecule is CC(C)NCCC(=O)N1CC[C@@](O)(C(F)(F)F)C1. The first-order chi connectivity index (χ1) is 8.16. The van der Waals surface area contributed by atoms with E-state index in [0.29, 0.717) is 6.54 Å². The van der Waals surface area contributed by atoms with E-state index in [2.05, 4.69) is 5.32 Å². The van der Waals surface area contributed by atoms with Crippen LogP contribution in [0, 0.1) is 0 Å². The highest BCUT2D eigenvalue weighted by Gasteiger charge is 2.57. The summed E-state index contributed by atoms with van der Waals surface area (Å²) < 4.78 is 37.6. The summed E-state index contributed by atoms with van der Waals surface area (Å²) in [4.78, 5) is 12.7. The lowest BCUT2D eigenvalue weighted by Crippen LogP contribution is -2.48. The Morgan fingerprint density at radius 2 is 2.11 bits per heavy atom. The first kappa shape index (κ1) is 15.2. The lowest BCUT2D eigenvalue weighted by molar-refractivity contribution is -0.253. The molecule has 1 saturated heterocycles. The molecule has 0 aromatic heterocycles. The topological polar surface area (TPSA) is 52.6 Å². The van der Waals surface area contributed by atoms with Crippen molar-refractivity contribution in [2.75, 3.05) is 19.6 Å². The van der Waals surface area contributed by atoms with Crippen molar-refractivity contribution in [3.63, 3.8) is 0 Å². The molecule has 1 rings (SSSR count). The molecule has 4 nitrogen and oxygen atoms in total. The maximum absolute atomic E-state index is 12.5. The number of amides is 1. The molecule has 7 heteroatoms. The van der Waals surface area contributed by atoms with Crippen molar-refractivity contribution in [1.82, 2.24) is 10.2 Å². The van der Waals surface area contributed by atoms with Crippen LogP contribution in [0.1, 0.15) is 26.7 Å². The standard InChI is InChI=1S/C11H19F3N2O2/c1-8(2)15-5-3-9(17)16-6-4-10(18,7-16)11(12,13)14/h8,15,18H,3-7H2,1-2H3/t10-/m0/s1. The Kier molecular flexibility index (Phi) is 4.61. The fourth-order valence-corrected chi connectivity index (χ4v) is 1.86. The molecule has 18 heavy (non-hydrogen) atoms. The maximum atomic E-state index is 12.5. The van der Waals surface area contributed by atoms with E-state index in [0.717, 1.165) is 4.90 Å². The molecule has 1 aliphatic rings. The summed E-state index contributed by atoms with van der Waals surface area (Å²) >= 11 is 0. The van der Waals surface area contributed by atoms with Crippen LogP contribution in [-0.4, -0.2) is 53.4 Å². The number of β-amino-alcohol motifs (C(OH)–C–C–N with tert-alkyl or cyclic N) is 1. The van der Waals surface area contributed by atoms with Crippen LogP contribution in [0.5, 0.6) is 0 Å². The summed E-state index contributed by atoms with van der Waals surface area (Å²) in [5.41, 5.74) is -2.74. The average Bonchev–Trinajstić information content (AvgIpc) is 2.60. The van der Waals surface area contributed by atoms with Gasteiger partial charge in [0.2, 0.25) is 5.91 Å². The smallest absolute Gasteiger partial charge is 0.379 e. The minimum absolute atomic E-state index is 0.0451. The van der Waals surface area contributed by atoms with Crippen LogP contribution < -0.4 is 5.32 Å². The van der Waals surface area contributed by atoms with Gasteiger partial charge in [0.15, 0.2) is 5.60 Å². The minimum atomic E-state index is -4.68. The quantitative estimate of drug-likeness (QED) is 0.796. The zero-order valence-electron chi connectivity index (χ0n) is 10.5. The van der Waals surface area contributed by atoms with E-state index in [1.165, 1.54) is 0 Å². The molecule has 0 bridgehead atoms. The van der Waals surface area contributed by atoms with Gasteiger partial charge in [-0.3, -0.25) is 4.79 Å². The Morgan fingerprint density at radius 3 is 2.56 bits per heavy atom. The van der Waals surface area contributed by atoms with E-state index < -0.39 is 24.7 Å². The van der Waals surface area contributed by atoms with Gasteiger partial charge in [-0.2, -0.15) is 13.2 Å². The Bertz CT molecular complexity index is 307. The zero-order chi connectivity index (χ0) is 14.0. The summed E-state index contributed by atoms with van der Waals surface area (Å²) in [6.45, 7) is 3.57. The number of aliphatic hydroxyl groups is 1. The molecule has 1 amide bonds. The normalized spacial score (nSPS) is 24.9. The van der Waals surface area contributed by atoms with Crippen molar-refractivity contribution in [1.29, 1.82) is 0 Å². The monoisotopic (exact) mass is 268 g/mol. The van der Waals surface area contributed by atoms with E-state index in [1.54, 1.807) is 0 Å². The Hall–Kier alpha value is -0.820. The fourth-order valence-electron chi connectivity index (χ4n) is 1.86. The number of carbonyl (C=O) groups excluding carboxylic acids is 1. The second-order valence-electron chi connectivity index (χ2n) is 4.95. The van der Waals surface area contributed by atoms with Gasteiger partial charge in [0.25, 0.3) is 0 Å². The van der Waals surface area contributed by atoms with Crippen LogP contribution in [0.25, 0.3) is 0 Å². The van der Waals surface area contributed by atoms with E-state index >= 15 is 0 Å². The minimum Gasteiger partial charge on any atom is -0.379 e. The van der Waals surface area contributed by atoms with Gasteiger partial charge in [-0.05, 0) is 0 Å². The van der Waals surface area contributed by atoms with E-state index in [9.17, 15) is 23.1 Å². The molecule has 0 unspecified atom stereocenters. The molecule has 106 valence electrons. The first-order valence-corrected chi connectivity index (χ1v) is 5.96. The molecule has 0 radical (unpaired) electrons. The number of nitrogens with zero attached hydrogens (tertiary/aromatic N) is 1. The highest BCUT2D eigenvalue weighted by atomic mass is 19.4. The summed E-state index contributed by atoms with van der Waals surface area (Å²) in [5, 5.41) is 12.4. The second-order valence-corrected chi connectivity index (χ2v) is 4.95. The third-order valence-electron chi connectivity index (χ3n) is 3.02. The van der Waals surface area contributed by atoms with Crippen molar-refractivity contribution in [3.8, 4) is 0 Å². The molecule has 1 fully saturated rings. The molecule has 1 heterocycles. The van der Waals surface area contributed by atoms with Crippen LogP contribution in [0.3, 0.4) is 0 Å². The first-order valence-electron chi connectivity index (χ1n) is 5.96. The molecule has 0 aromatic rings. The zero-order valence-corrected chi connectivity index (χ0v) is 10.5. The molecule has 0 spiro atoms. The predicted molar refractivity (Wildman–Crippen MR) is 60.0 cm³/mol. The number of likely N-dealkylation sites (tertiary alicyclic amines) is 1. The number of carbonyl (C=O) groups is 1. The van der Waals surface area contributed by atoms with Crippen molar-refractivity contribution >= 4 is 5.91 Å². The van der Waals surface area contributed by atoms with Gasteiger partial charge in [0, 0.05) is 32.0 Å². The van der Waals surface area contributed by atoms with Crippen LogP contribution in [0.2, 0.25) is 0 Å². The van der Waals surface area contributed by atoms with Gasteiger partial charge in [-0.1, -0.05) is 13.8 Å². The van der Waals surface area contributed by atoms with Crippen LogP contribution >= 0.6 is 0 Å². The van der Waals surface area contributed by atoms with Gasteiger partial charge in [0.1, 0.15) is 0 Å². The van der Waals surface area contributed by atoms with Crippen molar-refractivity contribution in [3.05, 3.63) is 0 Å². The van der Waals surface area contributed by atoms with E-state index in [1.807, 2.05) is 13.8 Å². The molecule has 0 saturated carbocycles. The van der Waals surface area contributed by atoms with Gasteiger partial charge >= 0.3 is 6.18 Å². The van der Waals surface area contributed by atoms with Crippen molar-refractivity contribution in [2.45, 2.75) is 44.5 Å². The largest absolute Gasteiger partial charge is 0.419 e. The molecular formula is C11H19F3N2O2. The number of rotatable bonds is 4. The molecule has 0 aromatic carbocycles. The lowest BCUT2D eigenvalue weighted by atomic mass is 10.0. The summed E-state index contributed by atoms with van der Waals surface area (Å²) in [5.74, 6) is -0.358. The van der Waals surface area contributed by atoms with Gasteiger partial charge in [0.05, 0.1) is 6.54 Å². The maximum Gasteiger partial charge on any atom is 0.419 e. The highest BCUT2D eigenvalue weighted by Crippen LogP contribution is 2.37. The van der Waals surface area contributed by atoms with E-state index in [4.69, 9.17) is 0 Å². The third-order valence-corrected chi connectivity index (χ3v) is 3.02. The van der Waals surface area contributed by atoms with Crippen LogP contribution in [0.4, 0.5) is 13.2 Å². The fraction of sp³-hybridized carbons (Fsp3) is 0.909. The lowest BCUT2D eigenvalue weighted by Gasteiger charge is -2.26. The van der Waals surface area contributed by atoms with Crippen molar-refractivity contribution < 1.29 is 23.1 Å². The summed E-state index contributed by atoms with van der Waals surface area (Å²) in [6.07, 6.45) is -4.98. The van der Waals surface area contributed by atoms with Gasteiger partial charge in [-0.15, -0.1) is 0 Å². The molecule has 0 aliphatic carbocycles. The summed E-state index contributed by atoms with van der Waals surface area (Å²) in [7, 11) is 0. The predicted octanol–water partition coefficient (Wildman–Crippen LogP) is 0.900. The van der Waals surface area contributed by atoms with Gasteiger partial charge in [-0.25, -0.2) is 0 Å². The molecule has 1 aliphatic heterocycles. The molecule has 1 atom stereocenters. The molecule has 2 N–H and O–H groups in total. The third kappa shape index (κ3) is 3.58. The van der Waals surface area contributed by atoms with Crippen LogP contribution in [-0.2, 0) is 4.79 Å². The van der Waals surface area contributed by atoms with Crippen molar-refractivity contribution in [2.24, 2.45) is 0 Å². The summed E-state index contributed by atoms with van der Waals surface area (Å²) in [6, 6.07) is 0.225. The van der Waals surface area contributed by atoms with Crippen LogP contribution in [0.15, 0.2) is 0 Å². The molecular weight excluding hydrogens is 249 g/mol. The number of alkyl halides is 3. The Balaban J connectivity index is 2.44. The number of halogens is 3. The number of hydrogen-bond acceptors (Lipinski definition) is 3. The number of hydrogen-bond donors (Lipinski definition) is 2. The highest BCUT2D eigenvalue weighted by molar-refractivity contribution is 5.76. The van der Waals surface area contributed by atoms with Gasteiger partial charge < -0.3 is 15.3 Å². The second kappa shape index (κ2) is 5.44. The van der Waals surface area contributed by atoms with E-state index in [-0.39, 0.29) is 24.9 Å².